The maximum atomic E-state index is 12.1. The van der Waals surface area contributed by atoms with Crippen LogP contribution in [0.5, 0.6) is 0 Å². The topological polar surface area (TPSA) is 110 Å². The Kier molecular flexibility index (Phi) is 5.76. The molecule has 2 atom stereocenters. The molecule has 1 aromatic rings. The number of aliphatic carboxylic acids is 1. The van der Waals surface area contributed by atoms with Crippen molar-refractivity contribution in [3.05, 3.63) is 35.9 Å². The third kappa shape index (κ3) is 5.90. The second-order valence-electron chi connectivity index (χ2n) is 6.12. The summed E-state index contributed by atoms with van der Waals surface area (Å²) in [7, 11) is -3.80. The smallest absolute Gasteiger partial charge is 0.408 e. The number of benzene rings is 1. The first-order valence-corrected chi connectivity index (χ1v) is 8.83. The van der Waals surface area contributed by atoms with Crippen LogP contribution in [-0.2, 0) is 19.4 Å². The molecular formula is C15H21NO6S. The van der Waals surface area contributed by atoms with Crippen molar-refractivity contribution in [3.8, 4) is 0 Å². The van der Waals surface area contributed by atoms with Crippen LogP contribution in [0, 0.1) is 0 Å². The van der Waals surface area contributed by atoms with E-state index in [1.54, 1.807) is 39.0 Å². The summed E-state index contributed by atoms with van der Waals surface area (Å²) in [5, 5.41) is 10.1. The molecule has 0 aliphatic rings. The van der Waals surface area contributed by atoms with Crippen molar-refractivity contribution in [1.29, 1.82) is 0 Å². The van der Waals surface area contributed by atoms with Gasteiger partial charge in [0.15, 0.2) is 15.9 Å². The maximum Gasteiger partial charge on any atom is 0.408 e. The van der Waals surface area contributed by atoms with E-state index in [0.717, 1.165) is 6.26 Å². The van der Waals surface area contributed by atoms with Gasteiger partial charge in [-0.25, -0.2) is 18.0 Å². The van der Waals surface area contributed by atoms with Gasteiger partial charge in [-0.3, -0.25) is 0 Å². The van der Waals surface area contributed by atoms with Crippen LogP contribution >= 0.6 is 0 Å². The number of hydrogen-bond donors (Lipinski definition) is 2. The molecule has 0 radical (unpaired) electrons. The molecule has 1 amide bonds. The summed E-state index contributed by atoms with van der Waals surface area (Å²) in [6, 6.07) is 6.21. The quantitative estimate of drug-likeness (QED) is 0.843. The fourth-order valence-electron chi connectivity index (χ4n) is 2.03. The molecule has 0 saturated heterocycles. The Morgan fingerprint density at radius 3 is 2.09 bits per heavy atom. The number of ether oxygens (including phenoxy) is 1. The lowest BCUT2D eigenvalue weighted by molar-refractivity contribution is -0.139. The normalized spacial score (nSPS) is 14.6. The first-order valence-electron chi connectivity index (χ1n) is 6.88. The third-order valence-electron chi connectivity index (χ3n) is 2.83. The summed E-state index contributed by atoms with van der Waals surface area (Å²) in [5.41, 5.74) is -0.557. The Morgan fingerprint density at radius 2 is 1.70 bits per heavy atom. The molecule has 1 aromatic carbocycles. The van der Waals surface area contributed by atoms with Crippen molar-refractivity contribution in [2.75, 3.05) is 6.26 Å². The Hall–Kier alpha value is -2.09. The van der Waals surface area contributed by atoms with E-state index in [2.05, 4.69) is 5.32 Å². The van der Waals surface area contributed by atoms with Gasteiger partial charge in [-0.2, -0.15) is 0 Å². The van der Waals surface area contributed by atoms with E-state index in [0.29, 0.717) is 0 Å². The summed E-state index contributed by atoms with van der Waals surface area (Å²) < 4.78 is 29.2. The second kappa shape index (κ2) is 6.99. The molecule has 0 heterocycles. The van der Waals surface area contributed by atoms with Gasteiger partial charge in [0.05, 0.1) is 0 Å². The standard InChI is InChI=1S/C15H21NO6S/c1-15(2,3)22-14(19)16-11(13(17)18)12(23(4,20)21)10-8-6-5-7-9-10/h5-9,11-12H,1-4H3,(H,16,19)(H,17,18)/t11-,12+/m1/s1. The van der Waals surface area contributed by atoms with Crippen molar-refractivity contribution in [2.45, 2.75) is 37.7 Å². The highest BCUT2D eigenvalue weighted by molar-refractivity contribution is 7.91. The Bertz CT molecular complexity index is 663. The van der Waals surface area contributed by atoms with Crippen LogP contribution < -0.4 is 5.32 Å². The summed E-state index contributed by atoms with van der Waals surface area (Å²) in [6.45, 7) is 4.86. The molecule has 0 bridgehead atoms. The minimum Gasteiger partial charge on any atom is -0.480 e. The number of sulfone groups is 1. The van der Waals surface area contributed by atoms with E-state index in [1.807, 2.05) is 0 Å². The zero-order chi connectivity index (χ0) is 17.8. The fourth-order valence-corrected chi connectivity index (χ4v) is 3.36. The number of carbonyl (C=O) groups excluding carboxylic acids is 1. The van der Waals surface area contributed by atoms with Crippen LogP contribution in [0.2, 0.25) is 0 Å². The molecule has 0 aliphatic heterocycles. The zero-order valence-electron chi connectivity index (χ0n) is 13.4. The number of hydrogen-bond acceptors (Lipinski definition) is 5. The minimum absolute atomic E-state index is 0.276. The minimum atomic E-state index is -3.80. The number of amides is 1. The van der Waals surface area contributed by atoms with E-state index in [9.17, 15) is 23.1 Å². The van der Waals surface area contributed by atoms with E-state index >= 15 is 0 Å². The molecule has 1 rings (SSSR count). The number of alkyl carbamates (subject to hydrolysis) is 1. The molecular weight excluding hydrogens is 322 g/mol. The van der Waals surface area contributed by atoms with Crippen molar-refractivity contribution in [1.82, 2.24) is 5.32 Å². The van der Waals surface area contributed by atoms with Gasteiger partial charge in [-0.1, -0.05) is 30.3 Å². The Labute approximate surface area is 135 Å². The van der Waals surface area contributed by atoms with Crippen LogP contribution in [0.4, 0.5) is 4.79 Å². The Balaban J connectivity index is 3.18. The van der Waals surface area contributed by atoms with E-state index in [-0.39, 0.29) is 5.56 Å². The number of carbonyl (C=O) groups is 2. The van der Waals surface area contributed by atoms with Crippen LogP contribution in [0.15, 0.2) is 30.3 Å². The predicted molar refractivity (Wildman–Crippen MR) is 84.8 cm³/mol. The van der Waals surface area contributed by atoms with Gasteiger partial charge in [0.2, 0.25) is 0 Å². The number of carboxylic acid groups (broad SMARTS) is 1. The average molecular weight is 343 g/mol. The molecule has 128 valence electrons. The van der Waals surface area contributed by atoms with Gasteiger partial charge in [0, 0.05) is 6.26 Å². The molecule has 0 unspecified atom stereocenters. The van der Waals surface area contributed by atoms with Gasteiger partial charge in [-0.05, 0) is 26.3 Å². The van der Waals surface area contributed by atoms with Crippen molar-refractivity contribution in [3.63, 3.8) is 0 Å². The van der Waals surface area contributed by atoms with E-state index in [4.69, 9.17) is 4.74 Å². The zero-order valence-corrected chi connectivity index (χ0v) is 14.3. The predicted octanol–water partition coefficient (Wildman–Crippen LogP) is 1.75. The van der Waals surface area contributed by atoms with Crippen molar-refractivity contribution in [2.24, 2.45) is 0 Å². The summed E-state index contributed by atoms with van der Waals surface area (Å²) in [4.78, 5) is 23.4. The number of nitrogens with one attached hydrogen (secondary N) is 1. The van der Waals surface area contributed by atoms with Gasteiger partial charge in [0.1, 0.15) is 10.9 Å². The van der Waals surface area contributed by atoms with Crippen LogP contribution in [0.1, 0.15) is 31.6 Å². The molecule has 7 nitrogen and oxygen atoms in total. The third-order valence-corrected chi connectivity index (χ3v) is 4.30. The first kappa shape index (κ1) is 19.0. The Morgan fingerprint density at radius 1 is 1.17 bits per heavy atom. The summed E-state index contributed by atoms with van der Waals surface area (Å²) >= 11 is 0. The van der Waals surface area contributed by atoms with Crippen LogP contribution in [-0.4, -0.2) is 43.5 Å². The second-order valence-corrected chi connectivity index (χ2v) is 8.29. The molecule has 8 heteroatoms. The van der Waals surface area contributed by atoms with E-state index < -0.39 is 38.8 Å². The average Bonchev–Trinajstić information content (AvgIpc) is 2.35. The van der Waals surface area contributed by atoms with Gasteiger partial charge in [0.25, 0.3) is 0 Å². The lowest BCUT2D eigenvalue weighted by atomic mass is 10.1. The lowest BCUT2D eigenvalue weighted by Gasteiger charge is -2.26. The lowest BCUT2D eigenvalue weighted by Crippen LogP contribution is -2.48. The highest BCUT2D eigenvalue weighted by Crippen LogP contribution is 2.26. The molecule has 0 spiro atoms. The SMILES string of the molecule is CC(C)(C)OC(=O)N[C@@H](C(=O)O)[C@H](c1ccccc1)S(C)(=O)=O. The fraction of sp³-hybridized carbons (Fsp3) is 0.467. The monoisotopic (exact) mass is 343 g/mol. The molecule has 0 aliphatic carbocycles. The van der Waals surface area contributed by atoms with Crippen LogP contribution in [0.25, 0.3) is 0 Å². The summed E-state index contributed by atoms with van der Waals surface area (Å²) in [6.07, 6.45) is -0.0633. The molecule has 0 aromatic heterocycles. The summed E-state index contributed by atoms with van der Waals surface area (Å²) in [5.74, 6) is -1.46. The van der Waals surface area contributed by atoms with Gasteiger partial charge in [-0.15, -0.1) is 0 Å². The van der Waals surface area contributed by atoms with Crippen molar-refractivity contribution >= 4 is 21.9 Å². The van der Waals surface area contributed by atoms with Crippen LogP contribution in [0.3, 0.4) is 0 Å². The van der Waals surface area contributed by atoms with Crippen molar-refractivity contribution < 1.29 is 27.9 Å². The largest absolute Gasteiger partial charge is 0.480 e. The highest BCUT2D eigenvalue weighted by Gasteiger charge is 2.38. The number of carboxylic acids is 1. The molecule has 23 heavy (non-hydrogen) atoms. The highest BCUT2D eigenvalue weighted by atomic mass is 32.2. The molecule has 2 N–H and O–H groups in total. The van der Waals surface area contributed by atoms with E-state index in [1.165, 1.54) is 12.1 Å². The maximum absolute atomic E-state index is 12.1. The molecule has 0 saturated carbocycles. The van der Waals surface area contributed by atoms with Gasteiger partial charge < -0.3 is 15.2 Å². The number of rotatable bonds is 5. The van der Waals surface area contributed by atoms with Gasteiger partial charge >= 0.3 is 12.1 Å². The molecule has 0 fully saturated rings. The first-order chi connectivity index (χ1) is 10.4.